The van der Waals surface area contributed by atoms with Crippen LogP contribution in [0.2, 0.25) is 0 Å². The smallest absolute Gasteiger partial charge is 0.126 e. The van der Waals surface area contributed by atoms with Crippen molar-refractivity contribution in [2.75, 3.05) is 13.1 Å². The van der Waals surface area contributed by atoms with Crippen molar-refractivity contribution < 1.29 is 4.39 Å². The molecule has 0 saturated carbocycles. The van der Waals surface area contributed by atoms with Crippen molar-refractivity contribution in [2.45, 2.75) is 12.8 Å². The summed E-state index contributed by atoms with van der Waals surface area (Å²) in [7, 11) is 0. The van der Waals surface area contributed by atoms with Crippen LogP contribution in [-0.2, 0) is 0 Å². The summed E-state index contributed by atoms with van der Waals surface area (Å²) < 4.78 is 13.4. The van der Waals surface area contributed by atoms with Crippen LogP contribution < -0.4 is 5.32 Å². The number of rotatable bonds is 1. The lowest BCUT2D eigenvalue weighted by Gasteiger charge is -2.14. The van der Waals surface area contributed by atoms with Crippen LogP contribution in [0.25, 0.3) is 0 Å². The molecule has 2 atom stereocenters. The molecule has 1 nitrogen and oxygen atoms in total. The van der Waals surface area contributed by atoms with Crippen LogP contribution in [0.1, 0.15) is 18.4 Å². The molecule has 1 N–H and O–H groups in total. The van der Waals surface area contributed by atoms with Crippen LogP contribution in [0.5, 0.6) is 0 Å². The third-order valence-electron chi connectivity index (χ3n) is 2.82. The van der Waals surface area contributed by atoms with Crippen LogP contribution in [0.15, 0.2) is 24.3 Å². The number of hydrogen-bond donors (Lipinski definition) is 1. The van der Waals surface area contributed by atoms with Crippen LogP contribution >= 0.6 is 0 Å². The summed E-state index contributed by atoms with van der Waals surface area (Å²) >= 11 is 0. The highest BCUT2D eigenvalue weighted by atomic mass is 19.1. The summed E-state index contributed by atoms with van der Waals surface area (Å²) in [6, 6.07) is 7.08. The van der Waals surface area contributed by atoms with Crippen molar-refractivity contribution in [3.05, 3.63) is 35.6 Å². The Labute approximate surface area is 78.0 Å². The van der Waals surface area contributed by atoms with E-state index in [0.717, 1.165) is 18.7 Å². The van der Waals surface area contributed by atoms with Gasteiger partial charge in [-0.15, -0.1) is 0 Å². The lowest BCUT2D eigenvalue weighted by atomic mass is 9.90. The summed E-state index contributed by atoms with van der Waals surface area (Å²) in [5.74, 6) is 0.821. The molecule has 0 radical (unpaired) electrons. The predicted molar refractivity (Wildman–Crippen MR) is 51.2 cm³/mol. The molecule has 2 heteroatoms. The minimum Gasteiger partial charge on any atom is -0.316 e. The Bertz CT molecular complexity index is 298. The first kappa shape index (κ1) is 8.70. The van der Waals surface area contributed by atoms with Crippen molar-refractivity contribution in [2.24, 2.45) is 5.92 Å². The van der Waals surface area contributed by atoms with E-state index >= 15 is 0 Å². The number of nitrogens with one attached hydrogen (secondary N) is 1. The summed E-state index contributed by atoms with van der Waals surface area (Å²) in [6.45, 7) is 4.07. The molecule has 1 aliphatic rings. The molecule has 1 aromatic rings. The third-order valence-corrected chi connectivity index (χ3v) is 2.82. The molecule has 13 heavy (non-hydrogen) atoms. The molecule has 0 amide bonds. The second-order valence-corrected chi connectivity index (χ2v) is 3.76. The van der Waals surface area contributed by atoms with Crippen molar-refractivity contribution >= 4 is 0 Å². The largest absolute Gasteiger partial charge is 0.316 e. The molecule has 0 aliphatic carbocycles. The van der Waals surface area contributed by atoms with Crippen molar-refractivity contribution in [3.8, 4) is 0 Å². The van der Waals surface area contributed by atoms with Gasteiger partial charge in [-0.1, -0.05) is 25.1 Å². The molecule has 1 saturated heterocycles. The average molecular weight is 179 g/mol. The highest BCUT2D eigenvalue weighted by molar-refractivity contribution is 5.23. The summed E-state index contributed by atoms with van der Waals surface area (Å²) in [6.07, 6.45) is 0. The van der Waals surface area contributed by atoms with Gasteiger partial charge in [0.1, 0.15) is 5.82 Å². The van der Waals surface area contributed by atoms with Crippen LogP contribution in [-0.4, -0.2) is 13.1 Å². The summed E-state index contributed by atoms with van der Waals surface area (Å²) in [5.41, 5.74) is 0.861. The zero-order valence-corrected chi connectivity index (χ0v) is 7.76. The van der Waals surface area contributed by atoms with Gasteiger partial charge in [-0.05, 0) is 24.1 Å². The third kappa shape index (κ3) is 1.59. The standard InChI is InChI=1S/C11H14FN/c1-8-6-13-7-10(8)9-4-2-3-5-11(9)12/h2-5,8,10,13H,6-7H2,1H3/t8-,10+/m0/s1. The average Bonchev–Trinajstić information content (AvgIpc) is 2.52. The van der Waals surface area contributed by atoms with Gasteiger partial charge < -0.3 is 5.32 Å². The minimum atomic E-state index is -0.0666. The summed E-state index contributed by atoms with van der Waals surface area (Å²) in [5, 5.41) is 3.28. The normalized spacial score (nSPS) is 27.8. The Morgan fingerprint density at radius 1 is 1.31 bits per heavy atom. The van der Waals surface area contributed by atoms with Gasteiger partial charge in [-0.2, -0.15) is 0 Å². The van der Waals surface area contributed by atoms with Crippen molar-refractivity contribution in [1.82, 2.24) is 5.32 Å². The molecule has 1 aromatic carbocycles. The maximum atomic E-state index is 13.4. The number of halogens is 1. The lowest BCUT2D eigenvalue weighted by Crippen LogP contribution is -2.09. The molecular formula is C11H14FN. The molecule has 0 bridgehead atoms. The SMILES string of the molecule is C[C@H]1CNC[C@H]1c1ccccc1F. The van der Waals surface area contributed by atoms with Gasteiger partial charge in [-0.3, -0.25) is 0 Å². The Morgan fingerprint density at radius 3 is 2.69 bits per heavy atom. The van der Waals surface area contributed by atoms with E-state index in [-0.39, 0.29) is 5.82 Å². The van der Waals surface area contributed by atoms with Gasteiger partial charge in [0.25, 0.3) is 0 Å². The van der Waals surface area contributed by atoms with Crippen LogP contribution in [0, 0.1) is 11.7 Å². The monoisotopic (exact) mass is 179 g/mol. The van der Waals surface area contributed by atoms with E-state index in [2.05, 4.69) is 12.2 Å². The minimum absolute atomic E-state index is 0.0666. The van der Waals surface area contributed by atoms with E-state index in [4.69, 9.17) is 0 Å². The Hall–Kier alpha value is -0.890. The number of benzene rings is 1. The van der Waals surface area contributed by atoms with Gasteiger partial charge in [0.15, 0.2) is 0 Å². The van der Waals surface area contributed by atoms with Crippen LogP contribution in [0.4, 0.5) is 4.39 Å². The molecular weight excluding hydrogens is 165 g/mol. The first-order valence-corrected chi connectivity index (χ1v) is 4.74. The molecule has 0 unspecified atom stereocenters. The van der Waals surface area contributed by atoms with Gasteiger partial charge in [0, 0.05) is 12.5 Å². The van der Waals surface area contributed by atoms with E-state index in [1.165, 1.54) is 0 Å². The number of hydrogen-bond acceptors (Lipinski definition) is 1. The maximum absolute atomic E-state index is 13.4. The maximum Gasteiger partial charge on any atom is 0.126 e. The first-order chi connectivity index (χ1) is 6.29. The molecule has 1 heterocycles. The fourth-order valence-corrected chi connectivity index (χ4v) is 2.00. The highest BCUT2D eigenvalue weighted by Gasteiger charge is 2.26. The van der Waals surface area contributed by atoms with E-state index in [1.807, 2.05) is 12.1 Å². The summed E-state index contributed by atoms with van der Waals surface area (Å²) in [4.78, 5) is 0. The fraction of sp³-hybridized carbons (Fsp3) is 0.455. The molecule has 1 fully saturated rings. The van der Waals surface area contributed by atoms with Crippen LogP contribution in [0.3, 0.4) is 0 Å². The fourth-order valence-electron chi connectivity index (χ4n) is 2.00. The second-order valence-electron chi connectivity index (χ2n) is 3.76. The quantitative estimate of drug-likeness (QED) is 0.696. The van der Waals surface area contributed by atoms with E-state index in [1.54, 1.807) is 12.1 Å². The molecule has 1 aliphatic heterocycles. The Balaban J connectivity index is 2.29. The van der Waals surface area contributed by atoms with Crippen molar-refractivity contribution in [3.63, 3.8) is 0 Å². The van der Waals surface area contributed by atoms with Gasteiger partial charge in [0.2, 0.25) is 0 Å². The van der Waals surface area contributed by atoms with Crippen molar-refractivity contribution in [1.29, 1.82) is 0 Å². The first-order valence-electron chi connectivity index (χ1n) is 4.74. The highest BCUT2D eigenvalue weighted by Crippen LogP contribution is 2.28. The molecule has 70 valence electrons. The van der Waals surface area contributed by atoms with E-state index in [9.17, 15) is 4.39 Å². The zero-order chi connectivity index (χ0) is 9.26. The van der Waals surface area contributed by atoms with E-state index in [0.29, 0.717) is 11.8 Å². The topological polar surface area (TPSA) is 12.0 Å². The van der Waals surface area contributed by atoms with Gasteiger partial charge in [0.05, 0.1) is 0 Å². The molecule has 0 spiro atoms. The van der Waals surface area contributed by atoms with Gasteiger partial charge in [-0.25, -0.2) is 4.39 Å². The lowest BCUT2D eigenvalue weighted by molar-refractivity contribution is 0.528. The molecule has 2 rings (SSSR count). The Morgan fingerprint density at radius 2 is 2.08 bits per heavy atom. The predicted octanol–water partition coefficient (Wildman–Crippen LogP) is 2.15. The van der Waals surface area contributed by atoms with E-state index < -0.39 is 0 Å². The van der Waals surface area contributed by atoms with Gasteiger partial charge >= 0.3 is 0 Å². The molecule has 0 aromatic heterocycles. The second kappa shape index (κ2) is 3.46. The Kier molecular flexibility index (Phi) is 2.32. The zero-order valence-electron chi connectivity index (χ0n) is 7.76.